The molecule has 258 valence electrons. The molecule has 0 spiro atoms. The van der Waals surface area contributed by atoms with Crippen molar-refractivity contribution in [2.45, 2.75) is 90.2 Å². The number of nitrogens with one attached hydrogen (secondary N) is 2. The first-order valence-corrected chi connectivity index (χ1v) is 15.1. The number of aliphatic hydroxyl groups is 3. The summed E-state index contributed by atoms with van der Waals surface area (Å²) in [5.41, 5.74) is -0.298. The summed E-state index contributed by atoms with van der Waals surface area (Å²) in [7, 11) is 0. The van der Waals surface area contributed by atoms with Gasteiger partial charge in [0.25, 0.3) is 11.8 Å². The zero-order valence-corrected chi connectivity index (χ0v) is 26.3. The van der Waals surface area contributed by atoms with E-state index < -0.39 is 54.0 Å². The molecule has 47 heavy (non-hydrogen) atoms. The molecule has 4 amide bonds. The lowest BCUT2D eigenvalue weighted by Crippen LogP contribution is -2.61. The maximum atomic E-state index is 12.8. The molecule has 0 bridgehead atoms. The maximum absolute atomic E-state index is 12.8. The molecule has 0 aromatic heterocycles. The van der Waals surface area contributed by atoms with E-state index in [-0.39, 0.29) is 61.7 Å². The Hall–Kier alpha value is -4.38. The molecule has 6 N–H and O–H groups in total. The van der Waals surface area contributed by atoms with Gasteiger partial charge in [0.1, 0.15) is 30.7 Å². The quantitative estimate of drug-likeness (QED) is 0.0823. The van der Waals surface area contributed by atoms with Crippen LogP contribution in [-0.2, 0) is 44.8 Å². The number of benzene rings is 1. The molecule has 2 heterocycles. The topological polar surface area (TPSA) is 238 Å². The van der Waals surface area contributed by atoms with Crippen LogP contribution in [0.2, 0.25) is 0 Å². The number of carbonyl (C=O) groups is 6. The van der Waals surface area contributed by atoms with E-state index >= 15 is 0 Å². The van der Waals surface area contributed by atoms with Crippen molar-refractivity contribution >= 4 is 41.3 Å². The van der Waals surface area contributed by atoms with Crippen molar-refractivity contribution in [1.82, 2.24) is 10.2 Å². The van der Waals surface area contributed by atoms with E-state index in [1.807, 2.05) is 0 Å². The molecule has 16 heteroatoms. The number of aliphatic hydroxyl groups excluding tert-OH is 3. The van der Waals surface area contributed by atoms with Crippen LogP contribution in [0.15, 0.2) is 30.4 Å². The molecule has 1 aromatic carbocycles. The number of nitrogens with zero attached hydrogens (tertiary/aromatic N) is 1. The maximum Gasteiger partial charge on any atom is 0.335 e. The van der Waals surface area contributed by atoms with Gasteiger partial charge in [-0.1, -0.05) is 12.5 Å². The van der Waals surface area contributed by atoms with Gasteiger partial charge in [0.15, 0.2) is 6.10 Å². The molecule has 5 atom stereocenters. The van der Waals surface area contributed by atoms with E-state index in [2.05, 4.69) is 10.6 Å². The van der Waals surface area contributed by atoms with E-state index in [0.717, 1.165) is 4.90 Å². The number of aliphatic carboxylic acids is 1. The standard InChI is InChI=1S/C31H41N3O13/c1-31(2,3)30(44)45-16-17-8-9-19(46-29-26(41)24(39)25(40)27(47-29)28(42)43)18(15-17)33-21(36)12-13-32-20(35)7-5-4-6-14-34-22(37)10-11-23(34)38/h8-11,15,24-27,29,39-41H,4-7,12-14,16H2,1-3H3,(H,32,35)(H,33,36)(H,42,43)/t24-,25+,26-,27-,29+/m0/s1. The molecule has 2 aliphatic rings. The minimum atomic E-state index is -1.93. The van der Waals surface area contributed by atoms with Crippen molar-refractivity contribution < 1.29 is 63.4 Å². The number of ether oxygens (including phenoxy) is 3. The molecule has 2 aliphatic heterocycles. The van der Waals surface area contributed by atoms with Crippen LogP contribution in [0.4, 0.5) is 5.69 Å². The third kappa shape index (κ3) is 10.6. The minimum absolute atomic E-state index is 0.0129. The predicted octanol–water partition coefficient (Wildman–Crippen LogP) is -0.0229. The normalized spacial score (nSPS) is 22.6. The van der Waals surface area contributed by atoms with Crippen molar-refractivity contribution in [3.8, 4) is 5.75 Å². The van der Waals surface area contributed by atoms with Gasteiger partial charge in [-0.25, -0.2) is 4.79 Å². The van der Waals surface area contributed by atoms with Gasteiger partial charge in [0, 0.05) is 38.1 Å². The van der Waals surface area contributed by atoms with E-state index in [0.29, 0.717) is 24.8 Å². The molecule has 16 nitrogen and oxygen atoms in total. The van der Waals surface area contributed by atoms with Gasteiger partial charge in [-0.2, -0.15) is 0 Å². The average molecular weight is 664 g/mol. The molecule has 0 unspecified atom stereocenters. The lowest BCUT2D eigenvalue weighted by atomic mass is 9.97. The summed E-state index contributed by atoms with van der Waals surface area (Å²) in [6, 6.07) is 4.28. The zero-order chi connectivity index (χ0) is 34.9. The molecule has 1 aromatic rings. The Morgan fingerprint density at radius 3 is 2.23 bits per heavy atom. The lowest BCUT2D eigenvalue weighted by Gasteiger charge is -2.38. The summed E-state index contributed by atoms with van der Waals surface area (Å²) in [5.74, 6) is -3.74. The van der Waals surface area contributed by atoms with Crippen LogP contribution >= 0.6 is 0 Å². The predicted molar refractivity (Wildman–Crippen MR) is 161 cm³/mol. The molecular formula is C31H41N3O13. The van der Waals surface area contributed by atoms with Gasteiger partial charge in [0.2, 0.25) is 18.1 Å². The number of rotatable bonds is 15. The van der Waals surface area contributed by atoms with Crippen molar-refractivity contribution in [1.29, 1.82) is 0 Å². The van der Waals surface area contributed by atoms with Crippen molar-refractivity contribution in [2.75, 3.05) is 18.4 Å². The smallest absolute Gasteiger partial charge is 0.335 e. The Bertz CT molecular complexity index is 1350. The van der Waals surface area contributed by atoms with Gasteiger partial charge in [-0.15, -0.1) is 0 Å². The number of carboxylic acids is 1. The highest BCUT2D eigenvalue weighted by atomic mass is 16.7. The number of esters is 1. The number of amides is 4. The third-order valence-corrected chi connectivity index (χ3v) is 7.22. The van der Waals surface area contributed by atoms with Crippen molar-refractivity contribution in [3.05, 3.63) is 35.9 Å². The Morgan fingerprint density at radius 2 is 1.60 bits per heavy atom. The third-order valence-electron chi connectivity index (χ3n) is 7.22. The first-order valence-electron chi connectivity index (χ1n) is 15.1. The van der Waals surface area contributed by atoms with Gasteiger partial charge in [-0.05, 0) is 51.3 Å². The average Bonchev–Trinajstić information content (AvgIpc) is 3.32. The zero-order valence-electron chi connectivity index (χ0n) is 26.3. The highest BCUT2D eigenvalue weighted by Gasteiger charge is 2.48. The number of carbonyl (C=O) groups excluding carboxylic acids is 5. The fraction of sp³-hybridized carbons (Fsp3) is 0.548. The van der Waals surface area contributed by atoms with Gasteiger partial charge in [0.05, 0.1) is 11.1 Å². The summed E-state index contributed by atoms with van der Waals surface area (Å²) >= 11 is 0. The summed E-state index contributed by atoms with van der Waals surface area (Å²) in [6.07, 6.45) is -5.24. The number of carboxylic acid groups (broad SMARTS) is 1. The van der Waals surface area contributed by atoms with E-state index in [1.165, 1.54) is 30.4 Å². The second-order valence-electron chi connectivity index (χ2n) is 12.1. The first-order chi connectivity index (χ1) is 22.1. The number of hydrogen-bond donors (Lipinski definition) is 6. The van der Waals surface area contributed by atoms with Crippen molar-refractivity contribution in [2.24, 2.45) is 5.41 Å². The second-order valence-corrected chi connectivity index (χ2v) is 12.1. The van der Waals surface area contributed by atoms with E-state index in [1.54, 1.807) is 20.8 Å². The van der Waals surface area contributed by atoms with Gasteiger partial charge < -0.3 is 45.3 Å². The van der Waals surface area contributed by atoms with Crippen LogP contribution in [0.25, 0.3) is 0 Å². The molecule has 1 fully saturated rings. The van der Waals surface area contributed by atoms with Gasteiger partial charge >= 0.3 is 11.9 Å². The fourth-order valence-electron chi connectivity index (χ4n) is 4.51. The van der Waals surface area contributed by atoms with Crippen molar-refractivity contribution in [3.63, 3.8) is 0 Å². The summed E-state index contributed by atoms with van der Waals surface area (Å²) in [5, 5.41) is 45.1. The molecule has 0 saturated carbocycles. The number of hydrogen-bond acceptors (Lipinski definition) is 12. The highest BCUT2D eigenvalue weighted by Crippen LogP contribution is 2.31. The van der Waals surface area contributed by atoms with Crippen LogP contribution in [0.3, 0.4) is 0 Å². The number of imide groups is 1. The summed E-state index contributed by atoms with van der Waals surface area (Å²) < 4.78 is 16.2. The Labute approximate surface area is 270 Å². The Kier molecular flexibility index (Phi) is 13.0. The Balaban J connectivity index is 1.57. The van der Waals surface area contributed by atoms with Crippen LogP contribution in [-0.4, -0.2) is 105 Å². The molecule has 1 saturated heterocycles. The number of unbranched alkanes of at least 4 members (excludes halogenated alkanes) is 2. The van der Waals surface area contributed by atoms with Crippen LogP contribution < -0.4 is 15.4 Å². The van der Waals surface area contributed by atoms with Crippen LogP contribution in [0, 0.1) is 5.41 Å². The van der Waals surface area contributed by atoms with Crippen LogP contribution in [0.5, 0.6) is 5.75 Å². The van der Waals surface area contributed by atoms with E-state index in [4.69, 9.17) is 14.2 Å². The monoisotopic (exact) mass is 663 g/mol. The first kappa shape index (κ1) is 37.1. The van der Waals surface area contributed by atoms with Crippen LogP contribution in [0.1, 0.15) is 58.4 Å². The molecule has 0 radical (unpaired) electrons. The molecule has 0 aliphatic carbocycles. The molecular weight excluding hydrogens is 622 g/mol. The van der Waals surface area contributed by atoms with Gasteiger partial charge in [-0.3, -0.25) is 28.9 Å². The number of anilines is 1. The summed E-state index contributed by atoms with van der Waals surface area (Å²) in [4.78, 5) is 73.1. The highest BCUT2D eigenvalue weighted by molar-refractivity contribution is 6.12. The minimum Gasteiger partial charge on any atom is -0.479 e. The Morgan fingerprint density at radius 1 is 0.915 bits per heavy atom. The fourth-order valence-corrected chi connectivity index (χ4v) is 4.51. The lowest BCUT2D eigenvalue weighted by molar-refractivity contribution is -0.271. The molecule has 3 rings (SSSR count). The summed E-state index contributed by atoms with van der Waals surface area (Å²) in [6.45, 7) is 5.14. The SMILES string of the molecule is CC(C)(C)C(=O)OCc1ccc(O[C@@H]2O[C@H](C(=O)O)[C@H](O)[C@H](O)[C@@H]2O)c(NC(=O)CCNC(=O)CCCCCN2C(=O)C=CC2=O)c1. The second kappa shape index (κ2) is 16.4. The largest absolute Gasteiger partial charge is 0.479 e. The van der Waals surface area contributed by atoms with E-state index in [9.17, 15) is 49.2 Å².